The number of guanidine groups is 1. The summed E-state index contributed by atoms with van der Waals surface area (Å²) in [6.45, 7) is 0.387. The Morgan fingerprint density at radius 1 is 1.22 bits per heavy atom. The normalized spacial score (nSPS) is 10.5. The zero-order valence-corrected chi connectivity index (χ0v) is 13.3. The molecule has 2 aromatic carbocycles. The third-order valence-electron chi connectivity index (χ3n) is 2.86. The largest absolute Gasteiger partial charge is 0.493 e. The Balaban J connectivity index is 2.20. The van der Waals surface area contributed by atoms with Crippen LogP contribution in [-0.2, 0) is 6.61 Å². The second-order valence-corrected chi connectivity index (χ2v) is 4.99. The molecule has 0 atom stereocenters. The standard InChI is InChI=1S/C16H17ClN4O2/c1-22-14-8-12(9-20-21-16(18)19)7-13(17)15(14)23-10-11-5-3-2-4-6-11/h2-9H,10H2,1H3,(H4,18,19,21). The minimum absolute atomic E-state index is 0.123. The van der Waals surface area contributed by atoms with Gasteiger partial charge in [0.1, 0.15) is 6.61 Å². The molecule has 0 unspecified atom stereocenters. The van der Waals surface area contributed by atoms with Gasteiger partial charge in [0.2, 0.25) is 5.96 Å². The highest BCUT2D eigenvalue weighted by Gasteiger charge is 2.11. The Morgan fingerprint density at radius 3 is 2.61 bits per heavy atom. The number of halogens is 1. The molecular weight excluding hydrogens is 316 g/mol. The molecule has 23 heavy (non-hydrogen) atoms. The molecule has 0 aliphatic heterocycles. The van der Waals surface area contributed by atoms with Crippen molar-refractivity contribution in [2.24, 2.45) is 21.7 Å². The van der Waals surface area contributed by atoms with Gasteiger partial charge in [-0.2, -0.15) is 5.10 Å². The van der Waals surface area contributed by atoms with Crippen molar-refractivity contribution in [2.75, 3.05) is 7.11 Å². The molecule has 0 aliphatic carbocycles. The molecule has 0 heterocycles. The van der Waals surface area contributed by atoms with Crippen LogP contribution in [0.25, 0.3) is 0 Å². The zero-order valence-electron chi connectivity index (χ0n) is 12.6. The minimum Gasteiger partial charge on any atom is -0.493 e. The fourth-order valence-electron chi connectivity index (χ4n) is 1.85. The molecule has 0 aliphatic rings. The predicted octanol–water partition coefficient (Wildman–Crippen LogP) is 2.53. The highest BCUT2D eigenvalue weighted by molar-refractivity contribution is 6.32. The van der Waals surface area contributed by atoms with Crippen molar-refractivity contribution in [1.82, 2.24) is 0 Å². The smallest absolute Gasteiger partial charge is 0.211 e. The summed E-state index contributed by atoms with van der Waals surface area (Å²) in [6.07, 6.45) is 1.47. The van der Waals surface area contributed by atoms with Gasteiger partial charge in [-0.3, -0.25) is 0 Å². The quantitative estimate of drug-likeness (QED) is 0.482. The summed E-state index contributed by atoms with van der Waals surface area (Å²) in [5, 5.41) is 7.68. The number of nitrogens with zero attached hydrogens (tertiary/aromatic N) is 2. The summed E-state index contributed by atoms with van der Waals surface area (Å²) in [7, 11) is 1.54. The maximum absolute atomic E-state index is 6.27. The van der Waals surface area contributed by atoms with Crippen molar-refractivity contribution in [3.05, 3.63) is 58.6 Å². The van der Waals surface area contributed by atoms with E-state index in [1.54, 1.807) is 12.1 Å². The summed E-state index contributed by atoms with van der Waals surface area (Å²) >= 11 is 6.27. The molecule has 7 heteroatoms. The lowest BCUT2D eigenvalue weighted by Gasteiger charge is -2.13. The molecule has 6 nitrogen and oxygen atoms in total. The van der Waals surface area contributed by atoms with Crippen LogP contribution >= 0.6 is 11.6 Å². The lowest BCUT2D eigenvalue weighted by Crippen LogP contribution is -2.21. The third-order valence-corrected chi connectivity index (χ3v) is 3.14. The summed E-state index contributed by atoms with van der Waals surface area (Å²) in [6, 6.07) is 13.2. The first-order valence-corrected chi connectivity index (χ1v) is 7.14. The van der Waals surface area contributed by atoms with Crippen LogP contribution in [0.4, 0.5) is 0 Å². The van der Waals surface area contributed by atoms with Gasteiger partial charge in [0.05, 0.1) is 18.3 Å². The molecule has 0 saturated heterocycles. The van der Waals surface area contributed by atoms with Crippen LogP contribution in [0.1, 0.15) is 11.1 Å². The Morgan fingerprint density at radius 2 is 1.96 bits per heavy atom. The second-order valence-electron chi connectivity index (χ2n) is 4.58. The van der Waals surface area contributed by atoms with Crippen LogP contribution in [0.15, 0.2) is 52.7 Å². The second kappa shape index (κ2) is 8.05. The first-order chi connectivity index (χ1) is 11.1. The van der Waals surface area contributed by atoms with Gasteiger partial charge in [-0.15, -0.1) is 5.10 Å². The third kappa shape index (κ3) is 4.89. The number of hydrogen-bond acceptors (Lipinski definition) is 4. The van der Waals surface area contributed by atoms with Crippen LogP contribution in [-0.4, -0.2) is 19.3 Å². The van der Waals surface area contributed by atoms with Gasteiger partial charge >= 0.3 is 0 Å². The number of benzene rings is 2. The van der Waals surface area contributed by atoms with Crippen LogP contribution in [0, 0.1) is 0 Å². The Bertz CT molecular complexity index is 714. The SMILES string of the molecule is COc1cc(C=NN=C(N)N)cc(Cl)c1OCc1ccccc1. The number of hydrogen-bond donors (Lipinski definition) is 2. The summed E-state index contributed by atoms with van der Waals surface area (Å²) in [4.78, 5) is 0. The van der Waals surface area contributed by atoms with Crippen molar-refractivity contribution in [3.8, 4) is 11.5 Å². The minimum atomic E-state index is -0.123. The topological polar surface area (TPSA) is 95.2 Å². The van der Waals surface area contributed by atoms with Crippen molar-refractivity contribution in [2.45, 2.75) is 6.61 Å². The van der Waals surface area contributed by atoms with E-state index in [-0.39, 0.29) is 5.96 Å². The highest BCUT2D eigenvalue weighted by atomic mass is 35.5. The maximum atomic E-state index is 6.27. The highest BCUT2D eigenvalue weighted by Crippen LogP contribution is 2.36. The predicted molar refractivity (Wildman–Crippen MR) is 92.2 cm³/mol. The van der Waals surface area contributed by atoms with E-state index < -0.39 is 0 Å². The molecule has 2 rings (SSSR count). The van der Waals surface area contributed by atoms with Gasteiger partial charge in [0.25, 0.3) is 0 Å². The first kappa shape index (κ1) is 16.6. The molecule has 0 amide bonds. The molecule has 0 spiro atoms. The van der Waals surface area contributed by atoms with E-state index in [1.165, 1.54) is 13.3 Å². The molecule has 0 radical (unpaired) electrons. The number of methoxy groups -OCH3 is 1. The van der Waals surface area contributed by atoms with E-state index in [0.717, 1.165) is 5.56 Å². The molecule has 2 aromatic rings. The van der Waals surface area contributed by atoms with E-state index >= 15 is 0 Å². The fraction of sp³-hybridized carbons (Fsp3) is 0.125. The molecule has 120 valence electrons. The molecule has 0 fully saturated rings. The lowest BCUT2D eigenvalue weighted by atomic mass is 10.2. The molecule has 4 N–H and O–H groups in total. The molecule has 0 saturated carbocycles. The van der Waals surface area contributed by atoms with Gasteiger partial charge in [-0.25, -0.2) is 0 Å². The molecule has 0 aromatic heterocycles. The molecule has 0 bridgehead atoms. The fourth-order valence-corrected chi connectivity index (χ4v) is 2.12. The van der Waals surface area contributed by atoms with Crippen LogP contribution < -0.4 is 20.9 Å². The number of nitrogens with two attached hydrogens (primary N) is 2. The summed E-state index contributed by atoms with van der Waals surface area (Å²) in [5.74, 6) is 0.846. The van der Waals surface area contributed by atoms with Gasteiger partial charge in [-0.1, -0.05) is 41.9 Å². The van der Waals surface area contributed by atoms with Crippen molar-refractivity contribution in [1.29, 1.82) is 0 Å². The van der Waals surface area contributed by atoms with Crippen LogP contribution in [0.2, 0.25) is 5.02 Å². The van der Waals surface area contributed by atoms with E-state index in [2.05, 4.69) is 10.2 Å². The Hall–Kier alpha value is -2.73. The summed E-state index contributed by atoms with van der Waals surface area (Å²) < 4.78 is 11.1. The first-order valence-electron chi connectivity index (χ1n) is 6.76. The lowest BCUT2D eigenvalue weighted by molar-refractivity contribution is 0.284. The van der Waals surface area contributed by atoms with E-state index in [9.17, 15) is 0 Å². The van der Waals surface area contributed by atoms with Crippen molar-refractivity contribution in [3.63, 3.8) is 0 Å². The average molecular weight is 333 g/mol. The van der Waals surface area contributed by atoms with Gasteiger partial charge in [0, 0.05) is 5.56 Å². The van der Waals surface area contributed by atoms with Gasteiger partial charge in [0.15, 0.2) is 11.5 Å². The van der Waals surface area contributed by atoms with E-state index in [0.29, 0.717) is 28.7 Å². The zero-order chi connectivity index (χ0) is 16.7. The van der Waals surface area contributed by atoms with Crippen molar-refractivity contribution >= 4 is 23.8 Å². The van der Waals surface area contributed by atoms with Gasteiger partial charge in [-0.05, 0) is 17.7 Å². The monoisotopic (exact) mass is 332 g/mol. The van der Waals surface area contributed by atoms with E-state index in [4.69, 9.17) is 32.5 Å². The maximum Gasteiger partial charge on any atom is 0.211 e. The average Bonchev–Trinajstić information content (AvgIpc) is 2.54. The van der Waals surface area contributed by atoms with Crippen molar-refractivity contribution < 1.29 is 9.47 Å². The number of ether oxygens (including phenoxy) is 2. The van der Waals surface area contributed by atoms with Gasteiger partial charge < -0.3 is 20.9 Å². The number of rotatable bonds is 6. The van der Waals surface area contributed by atoms with Crippen LogP contribution in [0.3, 0.4) is 0 Å². The molecular formula is C16H17ClN4O2. The van der Waals surface area contributed by atoms with Crippen LogP contribution in [0.5, 0.6) is 11.5 Å². The Kier molecular flexibility index (Phi) is 5.82. The summed E-state index contributed by atoms with van der Waals surface area (Å²) in [5.41, 5.74) is 12.1. The van der Waals surface area contributed by atoms with E-state index in [1.807, 2.05) is 30.3 Å². The Labute approximate surface area is 139 Å².